The minimum absolute atomic E-state index is 0.249. The Balaban J connectivity index is 1.53. The molecule has 1 N–H and O–H groups in total. The third-order valence-electron chi connectivity index (χ3n) is 3.74. The standard InChI is InChI=1S/C18H17FN2O3/c1-23-15-7-5-12(6-8-15)11-20-18(22)17-10-16(21-24-17)13-3-2-4-14(19)9-13/h2-9,17H,10-11H2,1H3,(H,20,22)/t17-/m1/s1. The Morgan fingerprint density at radius 3 is 2.83 bits per heavy atom. The molecule has 1 heterocycles. The summed E-state index contributed by atoms with van der Waals surface area (Å²) < 4.78 is 18.3. The van der Waals surface area contributed by atoms with E-state index < -0.39 is 6.10 Å². The van der Waals surface area contributed by atoms with Crippen molar-refractivity contribution in [2.75, 3.05) is 7.11 Å². The lowest BCUT2D eigenvalue weighted by Gasteiger charge is -2.10. The molecule has 6 heteroatoms. The minimum atomic E-state index is -0.693. The lowest BCUT2D eigenvalue weighted by molar-refractivity contribution is -0.131. The van der Waals surface area contributed by atoms with Gasteiger partial charge in [-0.2, -0.15) is 0 Å². The van der Waals surface area contributed by atoms with Crippen LogP contribution in [0.2, 0.25) is 0 Å². The molecule has 1 amide bonds. The van der Waals surface area contributed by atoms with Crippen molar-refractivity contribution < 1.29 is 18.8 Å². The topological polar surface area (TPSA) is 59.9 Å². The summed E-state index contributed by atoms with van der Waals surface area (Å²) in [6.07, 6.45) is -0.376. The van der Waals surface area contributed by atoms with Gasteiger partial charge in [0.05, 0.1) is 12.8 Å². The van der Waals surface area contributed by atoms with Gasteiger partial charge < -0.3 is 14.9 Å². The van der Waals surface area contributed by atoms with Crippen molar-refractivity contribution in [1.29, 1.82) is 0 Å². The van der Waals surface area contributed by atoms with Crippen LogP contribution in [0.15, 0.2) is 53.7 Å². The third-order valence-corrected chi connectivity index (χ3v) is 3.74. The lowest BCUT2D eigenvalue weighted by atomic mass is 10.0. The molecule has 24 heavy (non-hydrogen) atoms. The summed E-state index contributed by atoms with van der Waals surface area (Å²) in [5.74, 6) is 0.168. The lowest BCUT2D eigenvalue weighted by Crippen LogP contribution is -2.34. The summed E-state index contributed by atoms with van der Waals surface area (Å²) in [5.41, 5.74) is 2.15. The SMILES string of the molecule is COc1ccc(CNC(=O)[C@H]2CC(c3cccc(F)c3)=NO2)cc1. The van der Waals surface area contributed by atoms with Crippen LogP contribution >= 0.6 is 0 Å². The summed E-state index contributed by atoms with van der Waals surface area (Å²) >= 11 is 0. The Morgan fingerprint density at radius 1 is 1.33 bits per heavy atom. The van der Waals surface area contributed by atoms with Gasteiger partial charge in [0, 0.05) is 18.5 Å². The molecule has 1 aliphatic rings. The fraction of sp³-hybridized carbons (Fsp3) is 0.222. The maximum atomic E-state index is 13.3. The molecule has 0 saturated carbocycles. The van der Waals surface area contributed by atoms with Gasteiger partial charge in [0.25, 0.3) is 5.91 Å². The van der Waals surface area contributed by atoms with Crippen molar-refractivity contribution in [3.05, 3.63) is 65.5 Å². The molecule has 1 atom stereocenters. The Bertz CT molecular complexity index is 759. The molecule has 2 aromatic rings. The summed E-state index contributed by atoms with van der Waals surface area (Å²) in [4.78, 5) is 17.4. The summed E-state index contributed by atoms with van der Waals surface area (Å²) in [5, 5.41) is 6.71. The third kappa shape index (κ3) is 3.71. The van der Waals surface area contributed by atoms with E-state index in [2.05, 4.69) is 10.5 Å². The van der Waals surface area contributed by atoms with Gasteiger partial charge in [-0.05, 0) is 29.8 Å². The monoisotopic (exact) mass is 328 g/mol. The normalized spacial score (nSPS) is 16.2. The van der Waals surface area contributed by atoms with Crippen LogP contribution in [0.1, 0.15) is 17.5 Å². The fourth-order valence-electron chi connectivity index (χ4n) is 2.40. The Kier molecular flexibility index (Phi) is 4.74. The van der Waals surface area contributed by atoms with E-state index in [0.29, 0.717) is 24.2 Å². The summed E-state index contributed by atoms with van der Waals surface area (Å²) in [6.45, 7) is 0.387. The largest absolute Gasteiger partial charge is 0.497 e. The number of oxime groups is 1. The van der Waals surface area contributed by atoms with Crippen molar-refractivity contribution in [3.63, 3.8) is 0 Å². The van der Waals surface area contributed by atoms with Gasteiger partial charge in [-0.1, -0.05) is 29.4 Å². The molecule has 0 spiro atoms. The smallest absolute Gasteiger partial charge is 0.264 e. The first-order valence-electron chi connectivity index (χ1n) is 7.55. The van der Waals surface area contributed by atoms with E-state index in [-0.39, 0.29) is 11.7 Å². The summed E-state index contributed by atoms with van der Waals surface area (Å²) in [7, 11) is 1.60. The zero-order chi connectivity index (χ0) is 16.9. The van der Waals surface area contributed by atoms with Gasteiger partial charge in [0.2, 0.25) is 6.10 Å². The second kappa shape index (κ2) is 7.12. The van der Waals surface area contributed by atoms with Crippen LogP contribution in [0.5, 0.6) is 5.75 Å². The average molecular weight is 328 g/mol. The van der Waals surface area contributed by atoms with Crippen LogP contribution in [0.25, 0.3) is 0 Å². The van der Waals surface area contributed by atoms with E-state index >= 15 is 0 Å². The van der Waals surface area contributed by atoms with Gasteiger partial charge in [-0.25, -0.2) is 4.39 Å². The van der Waals surface area contributed by atoms with E-state index in [9.17, 15) is 9.18 Å². The van der Waals surface area contributed by atoms with E-state index in [1.165, 1.54) is 12.1 Å². The maximum Gasteiger partial charge on any atom is 0.264 e. The predicted molar refractivity (Wildman–Crippen MR) is 87.3 cm³/mol. The molecule has 0 unspecified atom stereocenters. The van der Waals surface area contributed by atoms with Gasteiger partial charge in [0.1, 0.15) is 11.6 Å². The number of hydrogen-bond acceptors (Lipinski definition) is 4. The van der Waals surface area contributed by atoms with E-state index in [1.807, 2.05) is 24.3 Å². The van der Waals surface area contributed by atoms with Gasteiger partial charge >= 0.3 is 0 Å². The van der Waals surface area contributed by atoms with Crippen molar-refractivity contribution in [2.24, 2.45) is 5.16 Å². The minimum Gasteiger partial charge on any atom is -0.497 e. The number of carbonyl (C=O) groups excluding carboxylic acids is 1. The van der Waals surface area contributed by atoms with Crippen molar-refractivity contribution in [1.82, 2.24) is 5.32 Å². The van der Waals surface area contributed by atoms with Crippen LogP contribution in [0.3, 0.4) is 0 Å². The van der Waals surface area contributed by atoms with Crippen molar-refractivity contribution >= 4 is 11.6 Å². The molecule has 0 radical (unpaired) electrons. The molecule has 0 fully saturated rings. The number of rotatable bonds is 5. The molecular formula is C18H17FN2O3. The molecule has 124 valence electrons. The van der Waals surface area contributed by atoms with Crippen LogP contribution in [-0.4, -0.2) is 24.8 Å². The highest BCUT2D eigenvalue weighted by molar-refractivity contribution is 6.04. The average Bonchev–Trinajstić information content (AvgIpc) is 3.10. The number of nitrogens with one attached hydrogen (secondary N) is 1. The number of hydrogen-bond donors (Lipinski definition) is 1. The van der Waals surface area contributed by atoms with Crippen LogP contribution < -0.4 is 10.1 Å². The van der Waals surface area contributed by atoms with E-state index in [1.54, 1.807) is 19.2 Å². The number of nitrogens with zero attached hydrogens (tertiary/aromatic N) is 1. The number of ether oxygens (including phenoxy) is 1. The number of halogens is 1. The first-order chi connectivity index (χ1) is 11.7. The number of methoxy groups -OCH3 is 1. The molecule has 0 aromatic heterocycles. The number of carbonyl (C=O) groups is 1. The molecule has 5 nitrogen and oxygen atoms in total. The number of amides is 1. The van der Waals surface area contributed by atoms with Crippen LogP contribution in [-0.2, 0) is 16.2 Å². The highest BCUT2D eigenvalue weighted by atomic mass is 19.1. The van der Waals surface area contributed by atoms with Crippen LogP contribution in [0, 0.1) is 5.82 Å². The van der Waals surface area contributed by atoms with Crippen molar-refractivity contribution in [3.8, 4) is 5.75 Å². The van der Waals surface area contributed by atoms with Gasteiger partial charge in [0.15, 0.2) is 0 Å². The molecule has 0 bridgehead atoms. The predicted octanol–water partition coefficient (Wildman–Crippen LogP) is 2.64. The fourth-order valence-corrected chi connectivity index (χ4v) is 2.40. The highest BCUT2D eigenvalue weighted by Gasteiger charge is 2.28. The van der Waals surface area contributed by atoms with E-state index in [0.717, 1.165) is 11.3 Å². The molecule has 3 rings (SSSR count). The van der Waals surface area contributed by atoms with Gasteiger partial charge in [-0.3, -0.25) is 4.79 Å². The Hall–Kier alpha value is -2.89. The maximum absolute atomic E-state index is 13.3. The van der Waals surface area contributed by atoms with E-state index in [4.69, 9.17) is 9.57 Å². The Labute approximate surface area is 139 Å². The van der Waals surface area contributed by atoms with Gasteiger partial charge in [-0.15, -0.1) is 0 Å². The highest BCUT2D eigenvalue weighted by Crippen LogP contribution is 2.18. The molecule has 2 aromatic carbocycles. The van der Waals surface area contributed by atoms with Crippen molar-refractivity contribution in [2.45, 2.75) is 19.1 Å². The molecule has 0 aliphatic carbocycles. The first-order valence-corrected chi connectivity index (χ1v) is 7.55. The molecule has 0 saturated heterocycles. The summed E-state index contributed by atoms with van der Waals surface area (Å²) in [6, 6.07) is 13.5. The second-order valence-corrected chi connectivity index (χ2v) is 5.41. The van der Waals surface area contributed by atoms with Crippen LogP contribution in [0.4, 0.5) is 4.39 Å². The second-order valence-electron chi connectivity index (χ2n) is 5.41. The molecular weight excluding hydrogens is 311 g/mol. The Morgan fingerprint density at radius 2 is 2.12 bits per heavy atom. The zero-order valence-corrected chi connectivity index (χ0v) is 13.2. The molecule has 1 aliphatic heterocycles. The zero-order valence-electron chi connectivity index (χ0n) is 13.2. The number of benzene rings is 2. The quantitative estimate of drug-likeness (QED) is 0.918. The first kappa shape index (κ1) is 16.0.